The largest absolute Gasteiger partial charge is 0.300 e. The summed E-state index contributed by atoms with van der Waals surface area (Å²) in [6.45, 7) is 3.49. The fourth-order valence-electron chi connectivity index (χ4n) is 3.77. The maximum absolute atomic E-state index is 13.2. The maximum Gasteiger partial charge on any atom is 0.272 e. The van der Waals surface area contributed by atoms with E-state index in [1.807, 2.05) is 30.3 Å². The monoisotopic (exact) mass is 422 g/mol. The van der Waals surface area contributed by atoms with Crippen LogP contribution in [0.25, 0.3) is 11.3 Å². The van der Waals surface area contributed by atoms with Crippen molar-refractivity contribution in [2.45, 2.75) is 25.8 Å². The van der Waals surface area contributed by atoms with Gasteiger partial charge in [-0.3, -0.25) is 19.8 Å². The number of carbonyl (C=O) groups is 1. The van der Waals surface area contributed by atoms with E-state index in [1.165, 1.54) is 17.4 Å². The van der Waals surface area contributed by atoms with E-state index < -0.39 is 4.92 Å². The van der Waals surface area contributed by atoms with Gasteiger partial charge in [-0.1, -0.05) is 42.5 Å². The minimum Gasteiger partial charge on any atom is -0.300 e. The van der Waals surface area contributed by atoms with Gasteiger partial charge in [0.1, 0.15) is 6.04 Å². The van der Waals surface area contributed by atoms with Gasteiger partial charge in [-0.25, -0.2) is 4.98 Å². The smallest absolute Gasteiger partial charge is 0.272 e. The summed E-state index contributed by atoms with van der Waals surface area (Å²) in [5.41, 5.74) is 2.88. The second kappa shape index (κ2) is 8.73. The third kappa shape index (κ3) is 4.24. The van der Waals surface area contributed by atoms with Crippen molar-refractivity contribution in [3.63, 3.8) is 0 Å². The van der Waals surface area contributed by atoms with Gasteiger partial charge in [-0.15, -0.1) is 11.3 Å². The van der Waals surface area contributed by atoms with Crippen LogP contribution in [-0.2, 0) is 4.79 Å². The summed E-state index contributed by atoms with van der Waals surface area (Å²) in [5.74, 6) is -0.112. The van der Waals surface area contributed by atoms with Crippen molar-refractivity contribution >= 4 is 28.1 Å². The molecule has 1 aliphatic rings. The highest BCUT2D eigenvalue weighted by atomic mass is 32.1. The van der Waals surface area contributed by atoms with Gasteiger partial charge >= 0.3 is 0 Å². The first kappa shape index (κ1) is 20.2. The number of carbonyl (C=O) groups excluding carboxylic acids is 1. The van der Waals surface area contributed by atoms with E-state index >= 15 is 0 Å². The zero-order valence-corrected chi connectivity index (χ0v) is 17.4. The van der Waals surface area contributed by atoms with E-state index in [2.05, 4.69) is 15.2 Å². The van der Waals surface area contributed by atoms with Crippen LogP contribution in [-0.4, -0.2) is 33.8 Å². The fraction of sp³-hybridized carbons (Fsp3) is 0.273. The number of nitrogens with zero attached hydrogens (tertiary/aromatic N) is 3. The van der Waals surface area contributed by atoms with Gasteiger partial charge in [0.15, 0.2) is 5.13 Å². The van der Waals surface area contributed by atoms with Gasteiger partial charge in [0, 0.05) is 22.6 Å². The second-order valence-corrected chi connectivity index (χ2v) is 8.20. The normalized spacial score (nSPS) is 15.1. The third-order valence-electron chi connectivity index (χ3n) is 5.31. The van der Waals surface area contributed by atoms with Crippen LogP contribution < -0.4 is 5.32 Å². The average molecular weight is 423 g/mol. The predicted octanol–water partition coefficient (Wildman–Crippen LogP) is 4.80. The molecular weight excluding hydrogens is 400 g/mol. The van der Waals surface area contributed by atoms with Gasteiger partial charge < -0.3 is 5.32 Å². The van der Waals surface area contributed by atoms with Crippen LogP contribution >= 0.6 is 11.3 Å². The molecule has 1 aliphatic heterocycles. The lowest BCUT2D eigenvalue weighted by atomic mass is 10.0. The molecule has 2 heterocycles. The molecule has 1 aromatic heterocycles. The Labute approximate surface area is 178 Å². The number of aryl methyl sites for hydroxylation is 1. The Hall–Kier alpha value is -3.10. The number of nitro benzene ring substituents is 1. The number of nitro groups is 1. The first-order valence-corrected chi connectivity index (χ1v) is 10.7. The molecular formula is C22H22N4O3S. The van der Waals surface area contributed by atoms with Crippen LogP contribution in [0.5, 0.6) is 0 Å². The first-order valence-electron chi connectivity index (χ1n) is 9.84. The molecule has 0 spiro atoms. The molecule has 0 aliphatic carbocycles. The minimum atomic E-state index is -0.394. The van der Waals surface area contributed by atoms with Gasteiger partial charge in [-0.05, 0) is 38.4 Å². The van der Waals surface area contributed by atoms with Gasteiger partial charge in [0.25, 0.3) is 5.69 Å². The first-order chi connectivity index (χ1) is 14.5. The summed E-state index contributed by atoms with van der Waals surface area (Å²) in [5, 5.41) is 16.5. The minimum absolute atomic E-state index is 0.0595. The Bertz CT molecular complexity index is 1060. The fourth-order valence-corrected chi connectivity index (χ4v) is 4.49. The molecule has 8 heteroatoms. The highest BCUT2D eigenvalue weighted by Gasteiger charge is 2.30. The van der Waals surface area contributed by atoms with Gasteiger partial charge in [0.05, 0.1) is 10.6 Å². The van der Waals surface area contributed by atoms with Gasteiger partial charge in [-0.2, -0.15) is 0 Å². The SMILES string of the molecule is Cc1ccc(-c2csc(NC(=O)C(c3ccccc3)N3CCCC3)n2)cc1[N+](=O)[O-]. The van der Waals surface area contributed by atoms with E-state index in [-0.39, 0.29) is 17.6 Å². The zero-order valence-electron chi connectivity index (χ0n) is 16.6. The number of likely N-dealkylation sites (tertiary alicyclic amines) is 1. The van der Waals surface area contributed by atoms with E-state index in [1.54, 1.807) is 24.4 Å². The van der Waals surface area contributed by atoms with Crippen molar-refractivity contribution in [3.8, 4) is 11.3 Å². The summed E-state index contributed by atoms with van der Waals surface area (Å²) < 4.78 is 0. The quantitative estimate of drug-likeness (QED) is 0.455. The summed E-state index contributed by atoms with van der Waals surface area (Å²) in [4.78, 5) is 30.7. The van der Waals surface area contributed by atoms with Crippen LogP contribution in [0.4, 0.5) is 10.8 Å². The number of thiazole rings is 1. The average Bonchev–Trinajstić information content (AvgIpc) is 3.42. The summed E-state index contributed by atoms with van der Waals surface area (Å²) in [6, 6.07) is 14.5. The molecule has 1 fully saturated rings. The maximum atomic E-state index is 13.2. The number of aromatic nitrogens is 1. The van der Waals surface area contributed by atoms with Crippen molar-refractivity contribution in [2.24, 2.45) is 0 Å². The molecule has 1 amide bonds. The van der Waals surface area contributed by atoms with Gasteiger partial charge in [0.2, 0.25) is 5.91 Å². The highest BCUT2D eigenvalue weighted by Crippen LogP contribution is 2.31. The lowest BCUT2D eigenvalue weighted by Gasteiger charge is -2.26. The molecule has 4 rings (SSSR count). The molecule has 2 aromatic carbocycles. The Morgan fingerprint density at radius 3 is 2.63 bits per heavy atom. The van der Waals surface area contributed by atoms with E-state index in [0.29, 0.717) is 22.0 Å². The number of amides is 1. The molecule has 0 bridgehead atoms. The molecule has 1 atom stereocenters. The Kier molecular flexibility index (Phi) is 5.87. The molecule has 7 nitrogen and oxygen atoms in total. The molecule has 30 heavy (non-hydrogen) atoms. The lowest BCUT2D eigenvalue weighted by molar-refractivity contribution is -0.385. The zero-order chi connectivity index (χ0) is 21.1. The summed E-state index contributed by atoms with van der Waals surface area (Å²) in [6.07, 6.45) is 2.18. The second-order valence-electron chi connectivity index (χ2n) is 7.34. The van der Waals surface area contributed by atoms with Crippen LogP contribution in [0.3, 0.4) is 0 Å². The molecule has 3 aromatic rings. The molecule has 0 saturated carbocycles. The number of rotatable bonds is 6. The van der Waals surface area contributed by atoms with Crippen LogP contribution in [0.1, 0.15) is 30.0 Å². The van der Waals surface area contributed by atoms with Crippen molar-refractivity contribution in [2.75, 3.05) is 18.4 Å². The Balaban J connectivity index is 1.56. The number of benzene rings is 2. The lowest BCUT2D eigenvalue weighted by Crippen LogP contribution is -2.35. The number of hydrogen-bond donors (Lipinski definition) is 1. The van der Waals surface area contributed by atoms with Crippen LogP contribution in [0.2, 0.25) is 0 Å². The summed E-state index contributed by atoms with van der Waals surface area (Å²) >= 11 is 1.31. The van der Waals surface area contributed by atoms with Crippen molar-refractivity contribution < 1.29 is 9.72 Å². The predicted molar refractivity (Wildman–Crippen MR) is 118 cm³/mol. The molecule has 1 unspecified atom stereocenters. The molecule has 1 N–H and O–H groups in total. The van der Waals surface area contributed by atoms with Crippen molar-refractivity contribution in [1.29, 1.82) is 0 Å². The highest BCUT2D eigenvalue weighted by molar-refractivity contribution is 7.14. The Morgan fingerprint density at radius 1 is 1.20 bits per heavy atom. The number of anilines is 1. The molecule has 154 valence electrons. The Morgan fingerprint density at radius 2 is 1.93 bits per heavy atom. The van der Waals surface area contributed by atoms with E-state index in [9.17, 15) is 14.9 Å². The topological polar surface area (TPSA) is 88.4 Å². The van der Waals surface area contributed by atoms with E-state index in [0.717, 1.165) is 31.5 Å². The van der Waals surface area contributed by atoms with Crippen LogP contribution in [0, 0.1) is 17.0 Å². The standard InChI is InChI=1S/C22H22N4O3S/c1-15-9-10-17(13-19(15)26(28)29)18-14-30-22(23-18)24-21(27)20(25-11-5-6-12-25)16-7-3-2-4-8-16/h2-4,7-10,13-14,20H,5-6,11-12H2,1H3,(H,23,24,27). The van der Waals surface area contributed by atoms with Crippen molar-refractivity contribution in [3.05, 3.63) is 75.2 Å². The third-order valence-corrected chi connectivity index (χ3v) is 6.06. The molecule has 0 radical (unpaired) electrons. The number of hydrogen-bond acceptors (Lipinski definition) is 6. The molecule has 1 saturated heterocycles. The van der Waals surface area contributed by atoms with Crippen molar-refractivity contribution in [1.82, 2.24) is 9.88 Å². The van der Waals surface area contributed by atoms with Crippen LogP contribution in [0.15, 0.2) is 53.9 Å². The number of nitrogens with one attached hydrogen (secondary N) is 1. The summed E-state index contributed by atoms with van der Waals surface area (Å²) in [7, 11) is 0. The van der Waals surface area contributed by atoms with E-state index in [4.69, 9.17) is 0 Å².